The Morgan fingerprint density at radius 3 is 0.268 bits per heavy atom. The van der Waals surface area contributed by atoms with Crippen LogP contribution in [0.4, 0.5) is 136 Å². The maximum absolute atomic E-state index is 2.60. The van der Waals surface area contributed by atoms with Gasteiger partial charge in [-0.25, -0.2) is 0 Å². The van der Waals surface area contributed by atoms with Gasteiger partial charge in [-0.05, 0) is 368 Å². The Morgan fingerprint density at radius 1 is 0.101 bits per heavy atom. The Morgan fingerprint density at radius 2 is 0.181 bits per heavy atom. The van der Waals surface area contributed by atoms with Crippen LogP contribution in [0.1, 0.15) is 237 Å². The Labute approximate surface area is 833 Å². The molecule has 0 heterocycles. The largest absolute Gasteiger partial charge is 0.372 e. The van der Waals surface area contributed by atoms with Crippen LogP contribution < -0.4 is 58.8 Å². The van der Waals surface area contributed by atoms with E-state index < -0.39 is 0 Å². The summed E-state index contributed by atoms with van der Waals surface area (Å²) in [5, 5.41) is 0. The highest BCUT2D eigenvalue weighted by Gasteiger charge is 2.26. The van der Waals surface area contributed by atoms with Crippen LogP contribution in [-0.4, -0.2) is 78.5 Å². The highest BCUT2D eigenvalue weighted by atomic mass is 15.2. The second-order valence-electron chi connectivity index (χ2n) is 37.5. The van der Waals surface area contributed by atoms with Crippen molar-refractivity contribution in [1.29, 1.82) is 0 Å². The Bertz CT molecular complexity index is 5030. The van der Waals surface area contributed by atoms with Gasteiger partial charge in [-0.15, -0.1) is 0 Å². The molecule has 726 valence electrons. The van der Waals surface area contributed by atoms with Crippen LogP contribution in [-0.2, 0) is 0 Å². The lowest BCUT2D eigenvalue weighted by atomic mass is 10.1. The van der Waals surface area contributed by atoms with Crippen molar-refractivity contribution in [2.24, 2.45) is 0 Å². The zero-order chi connectivity index (χ0) is 96.4. The van der Waals surface area contributed by atoms with Gasteiger partial charge in [-0.2, -0.15) is 0 Å². The van der Waals surface area contributed by atoms with Crippen LogP contribution in [0, 0.1) is 0 Å². The average Bonchev–Trinajstić information content (AvgIpc) is 0.786. The van der Waals surface area contributed by atoms with E-state index in [4.69, 9.17) is 0 Å². The summed E-state index contributed by atoms with van der Waals surface area (Å²) in [6.07, 6.45) is 28.0. The lowest BCUT2D eigenvalue weighted by Gasteiger charge is -2.31. The number of hydrogen-bond donors (Lipinski definition) is 0. The molecule has 0 unspecified atom stereocenters. The maximum atomic E-state index is 2.60. The molecule has 0 saturated carbocycles. The van der Waals surface area contributed by atoms with Gasteiger partial charge in [0.15, 0.2) is 0 Å². The monoisotopic (exact) mass is 1840 g/mol. The van der Waals surface area contributed by atoms with E-state index >= 15 is 0 Å². The van der Waals surface area contributed by atoms with Gasteiger partial charge in [-0.3, -0.25) is 0 Å². The van der Waals surface area contributed by atoms with Crippen LogP contribution in [0.5, 0.6) is 0 Å². The van der Waals surface area contributed by atoms with E-state index in [2.05, 4.69) is 469 Å². The molecule has 138 heavy (non-hydrogen) atoms. The van der Waals surface area contributed by atoms with Crippen LogP contribution in [0.15, 0.2) is 328 Å². The van der Waals surface area contributed by atoms with Crippen molar-refractivity contribution >= 4 is 136 Å². The minimum absolute atomic E-state index is 1.03. The van der Waals surface area contributed by atoms with E-state index in [0.717, 1.165) is 232 Å². The van der Waals surface area contributed by atoms with Gasteiger partial charge in [0.2, 0.25) is 0 Å². The summed E-state index contributed by atoms with van der Waals surface area (Å²) in [6.45, 7) is 40.2. The van der Waals surface area contributed by atoms with Crippen molar-refractivity contribution in [1.82, 2.24) is 0 Å². The number of anilines is 24. The molecule has 0 N–H and O–H groups in total. The van der Waals surface area contributed by atoms with E-state index in [-0.39, 0.29) is 0 Å². The quantitative estimate of drug-likeness (QED) is 0.0365. The molecule has 0 aliphatic rings. The average molecular weight is 1840 g/mol. The fourth-order valence-corrected chi connectivity index (χ4v) is 18.9. The summed E-state index contributed by atoms with van der Waals surface area (Å²) < 4.78 is 0. The molecule has 0 aromatic heterocycles. The van der Waals surface area contributed by atoms with E-state index in [1.54, 1.807) is 0 Å². The van der Waals surface area contributed by atoms with Crippen molar-refractivity contribution in [2.45, 2.75) is 237 Å². The van der Waals surface area contributed by atoms with Crippen LogP contribution in [0.25, 0.3) is 0 Å². The van der Waals surface area contributed by atoms with Gasteiger partial charge in [0, 0.05) is 215 Å². The summed E-state index contributed by atoms with van der Waals surface area (Å²) in [5.41, 5.74) is 27.1. The Kier molecular flexibility index (Phi) is 41.1. The van der Waals surface area contributed by atoms with Crippen LogP contribution in [0.3, 0.4) is 0 Å². The summed E-state index contributed by atoms with van der Waals surface area (Å²) in [5.74, 6) is 0. The van der Waals surface area contributed by atoms with Crippen LogP contribution in [0.2, 0.25) is 0 Å². The molecule has 12 nitrogen and oxygen atoms in total. The molecule has 12 heteroatoms. The van der Waals surface area contributed by atoms with E-state index in [9.17, 15) is 0 Å². The molecule has 13 rings (SSSR count). The zero-order valence-corrected chi connectivity index (χ0v) is 86.0. The zero-order valence-electron chi connectivity index (χ0n) is 86.0. The second kappa shape index (κ2) is 55.2. The fourth-order valence-electron chi connectivity index (χ4n) is 18.9. The van der Waals surface area contributed by atoms with Crippen molar-refractivity contribution in [3.8, 4) is 0 Å². The number of nitrogens with zero attached hydrogens (tertiary/aromatic N) is 12. The third-order valence-corrected chi connectivity index (χ3v) is 27.1. The number of hydrogen-bond acceptors (Lipinski definition) is 12. The van der Waals surface area contributed by atoms with E-state index in [0.29, 0.717) is 0 Å². The fraction of sp³-hybridized carbons (Fsp3) is 0.381. The van der Waals surface area contributed by atoms with Crippen molar-refractivity contribution < 1.29 is 0 Å². The summed E-state index contributed by atoms with van der Waals surface area (Å²) >= 11 is 0. The molecule has 0 aliphatic heterocycles. The molecule has 0 bridgehead atoms. The van der Waals surface area contributed by atoms with Gasteiger partial charge in [0.1, 0.15) is 0 Å². The first-order chi connectivity index (χ1) is 68.0. The Balaban J connectivity index is 0.956. The first-order valence-electron chi connectivity index (χ1n) is 53.5. The van der Waals surface area contributed by atoms with Crippen LogP contribution >= 0.6 is 0 Å². The summed E-state index contributed by atoms with van der Waals surface area (Å²) in [4.78, 5) is 30.1. The number of para-hydroxylation sites is 2. The van der Waals surface area contributed by atoms with Gasteiger partial charge < -0.3 is 58.8 Å². The predicted octanol–water partition coefficient (Wildman–Crippen LogP) is 36.9. The van der Waals surface area contributed by atoms with Gasteiger partial charge in [-0.1, -0.05) is 197 Å². The molecule has 0 atom stereocenters. The van der Waals surface area contributed by atoms with Crippen molar-refractivity contribution in [2.75, 3.05) is 137 Å². The van der Waals surface area contributed by atoms with Crippen molar-refractivity contribution in [3.63, 3.8) is 0 Å². The molecule has 13 aromatic rings. The lowest BCUT2D eigenvalue weighted by Crippen LogP contribution is -2.25. The number of unbranched alkanes of at least 4 members (excludes halogenated alkanes) is 12. The molecule has 0 spiro atoms. The maximum Gasteiger partial charge on any atom is 0.0463 e. The van der Waals surface area contributed by atoms with Crippen molar-refractivity contribution in [3.05, 3.63) is 328 Å². The summed E-state index contributed by atoms with van der Waals surface area (Å²) in [7, 11) is 0. The normalized spacial score (nSPS) is 11.2. The van der Waals surface area contributed by atoms with E-state index in [1.165, 1.54) is 137 Å². The number of benzene rings is 13. The summed E-state index contributed by atoms with van der Waals surface area (Å²) in [6, 6.07) is 124. The minimum atomic E-state index is 1.03. The topological polar surface area (TPSA) is 38.9 Å². The standard InChI is InChI=1S/C126H162N12/c1-13-25-91-127(92-26-14-2)103-47-59-111(60-48-103)133(109-43-39-37-40-44-109)117-71-75-121(76-72-117)137(122-77-73-118(74-78-122)134(110-45-41-38-42-46-110)112-61-49-104(50-62-112)128(93-27-15-3)94-28-16-4)125-87-89-126(90-88-125)138(123-83-79-119(80-84-123)135(113-63-51-105(52-64-113)129(95-29-17-5)96-30-18-6)114-65-53-106(54-66-114)130(97-31-19-7)98-32-20-8)124-85-81-120(82-86-124)136(115-67-55-107(56-68-115)131(99-33-21-9)100-34-22-10)116-69-57-108(58-70-116)132(101-35-23-11)102-36-24-12/h37-90H,13-36,91-102H2,1-12H3. The van der Waals surface area contributed by atoms with E-state index in [1.807, 2.05) is 0 Å². The third kappa shape index (κ3) is 27.9. The minimum Gasteiger partial charge on any atom is -0.372 e. The molecule has 0 radical (unpaired) electrons. The van der Waals surface area contributed by atoms with Gasteiger partial charge in [0.25, 0.3) is 0 Å². The smallest absolute Gasteiger partial charge is 0.0463 e. The Hall–Kier alpha value is -12.5. The second-order valence-corrected chi connectivity index (χ2v) is 37.5. The highest BCUT2D eigenvalue weighted by molar-refractivity contribution is 5.89. The molecular weight excluding hydrogens is 1680 g/mol. The molecule has 0 amide bonds. The van der Waals surface area contributed by atoms with Gasteiger partial charge in [0.05, 0.1) is 0 Å². The lowest BCUT2D eigenvalue weighted by molar-refractivity contribution is 0.678. The molecule has 0 saturated heterocycles. The molecule has 13 aromatic carbocycles. The molecular formula is C126H162N12. The third-order valence-electron chi connectivity index (χ3n) is 27.1. The molecule has 0 fully saturated rings. The van der Waals surface area contributed by atoms with Gasteiger partial charge >= 0.3 is 0 Å². The highest BCUT2D eigenvalue weighted by Crippen LogP contribution is 2.48. The first kappa shape index (κ1) is 103. The predicted molar refractivity (Wildman–Crippen MR) is 607 cm³/mol. The number of rotatable bonds is 60. The molecule has 0 aliphatic carbocycles. The first-order valence-corrected chi connectivity index (χ1v) is 53.5. The SMILES string of the molecule is CCCCN(CCCC)c1ccc(N(c2ccccc2)c2ccc(N(c3ccc(N(c4ccccc4)c4ccc(N(CCCC)CCCC)cc4)cc3)c3ccc(N(c4ccc(N(c5ccc(N(CCCC)CCCC)cc5)c5ccc(N(CCCC)CCCC)cc5)cc4)c4ccc(N(c5ccc(N(CCCC)CCCC)cc5)c5ccc(N(CCCC)CCCC)cc5)cc4)cc3)cc2)cc1.